The standard InChI is InChI=1S/C18H23N5O2/c1-3-6-22-7-4-18(17(22)25)5-8-23(12-18)16(24)13-9-15-14(19-10-13)11-20-21(15)2/h9-11H,3-8,12H2,1-2H3. The number of amides is 2. The molecule has 0 radical (unpaired) electrons. The molecule has 2 aliphatic heterocycles. The van der Waals surface area contributed by atoms with E-state index in [1.165, 1.54) is 0 Å². The zero-order valence-corrected chi connectivity index (χ0v) is 14.7. The Morgan fingerprint density at radius 2 is 2.08 bits per heavy atom. The summed E-state index contributed by atoms with van der Waals surface area (Å²) in [6.45, 7) is 4.87. The third-order valence-corrected chi connectivity index (χ3v) is 5.58. The fourth-order valence-electron chi connectivity index (χ4n) is 4.13. The van der Waals surface area contributed by atoms with Crippen molar-refractivity contribution >= 4 is 22.8 Å². The molecule has 2 amide bonds. The van der Waals surface area contributed by atoms with Crippen LogP contribution in [0.15, 0.2) is 18.5 Å². The van der Waals surface area contributed by atoms with Gasteiger partial charge in [0.15, 0.2) is 0 Å². The molecule has 1 atom stereocenters. The second kappa shape index (κ2) is 5.82. The zero-order valence-electron chi connectivity index (χ0n) is 14.7. The zero-order chi connectivity index (χ0) is 17.6. The van der Waals surface area contributed by atoms with Gasteiger partial charge >= 0.3 is 0 Å². The highest BCUT2D eigenvalue weighted by atomic mass is 16.2. The predicted molar refractivity (Wildman–Crippen MR) is 93.0 cm³/mol. The van der Waals surface area contributed by atoms with Crippen molar-refractivity contribution in [1.29, 1.82) is 0 Å². The molecular weight excluding hydrogens is 318 g/mol. The molecule has 0 aliphatic carbocycles. The van der Waals surface area contributed by atoms with Crippen molar-refractivity contribution in [2.75, 3.05) is 26.2 Å². The summed E-state index contributed by atoms with van der Waals surface area (Å²) < 4.78 is 1.72. The van der Waals surface area contributed by atoms with E-state index in [9.17, 15) is 9.59 Å². The molecule has 2 aliphatic rings. The van der Waals surface area contributed by atoms with E-state index in [1.54, 1.807) is 17.1 Å². The van der Waals surface area contributed by atoms with Gasteiger partial charge in [0.1, 0.15) is 5.52 Å². The number of carbonyl (C=O) groups is 2. The fraction of sp³-hybridized carbons (Fsp3) is 0.556. The van der Waals surface area contributed by atoms with Gasteiger partial charge in [0.2, 0.25) is 5.91 Å². The van der Waals surface area contributed by atoms with Crippen molar-refractivity contribution in [1.82, 2.24) is 24.6 Å². The molecule has 7 heteroatoms. The molecule has 1 unspecified atom stereocenters. The van der Waals surface area contributed by atoms with Gasteiger partial charge in [-0.25, -0.2) is 0 Å². The molecular formula is C18H23N5O2. The lowest BCUT2D eigenvalue weighted by Gasteiger charge is -2.23. The van der Waals surface area contributed by atoms with Crippen LogP contribution < -0.4 is 0 Å². The Kier molecular flexibility index (Phi) is 3.74. The van der Waals surface area contributed by atoms with Gasteiger partial charge in [-0.05, 0) is 25.3 Å². The average molecular weight is 341 g/mol. The van der Waals surface area contributed by atoms with Crippen LogP contribution in [-0.2, 0) is 11.8 Å². The largest absolute Gasteiger partial charge is 0.342 e. The molecule has 25 heavy (non-hydrogen) atoms. The third-order valence-electron chi connectivity index (χ3n) is 5.58. The molecule has 2 saturated heterocycles. The number of hydrogen-bond acceptors (Lipinski definition) is 4. The third kappa shape index (κ3) is 2.49. The van der Waals surface area contributed by atoms with Crippen LogP contribution >= 0.6 is 0 Å². The lowest BCUT2D eigenvalue weighted by Crippen LogP contribution is -2.38. The van der Waals surface area contributed by atoms with Crippen LogP contribution in [0.25, 0.3) is 11.0 Å². The summed E-state index contributed by atoms with van der Waals surface area (Å²) in [5, 5.41) is 4.17. The van der Waals surface area contributed by atoms with Gasteiger partial charge in [-0.15, -0.1) is 0 Å². The topological polar surface area (TPSA) is 71.3 Å². The van der Waals surface area contributed by atoms with E-state index in [4.69, 9.17) is 0 Å². The summed E-state index contributed by atoms with van der Waals surface area (Å²) in [6, 6.07) is 1.84. The summed E-state index contributed by atoms with van der Waals surface area (Å²) >= 11 is 0. The lowest BCUT2D eigenvalue weighted by atomic mass is 9.85. The smallest absolute Gasteiger partial charge is 0.255 e. The van der Waals surface area contributed by atoms with E-state index in [1.807, 2.05) is 22.9 Å². The molecule has 2 fully saturated rings. The number of carbonyl (C=O) groups excluding carboxylic acids is 2. The van der Waals surface area contributed by atoms with Gasteiger partial charge in [-0.2, -0.15) is 5.10 Å². The molecule has 4 heterocycles. The first-order valence-electron chi connectivity index (χ1n) is 8.90. The molecule has 2 aromatic heterocycles. The van der Waals surface area contributed by atoms with E-state index < -0.39 is 0 Å². The monoisotopic (exact) mass is 341 g/mol. The van der Waals surface area contributed by atoms with Crippen LogP contribution in [0.1, 0.15) is 36.5 Å². The summed E-state index contributed by atoms with van der Waals surface area (Å²) in [5.74, 6) is 0.180. The first-order valence-corrected chi connectivity index (χ1v) is 8.90. The normalized spacial score (nSPS) is 23.4. The number of aryl methyl sites for hydroxylation is 1. The minimum atomic E-state index is -0.366. The maximum atomic E-state index is 12.9. The van der Waals surface area contributed by atoms with Crippen molar-refractivity contribution < 1.29 is 9.59 Å². The maximum absolute atomic E-state index is 12.9. The van der Waals surface area contributed by atoms with Crippen LogP contribution in [0.2, 0.25) is 0 Å². The molecule has 132 valence electrons. The molecule has 0 aromatic carbocycles. The van der Waals surface area contributed by atoms with Gasteiger partial charge in [0, 0.05) is 39.4 Å². The van der Waals surface area contributed by atoms with Crippen molar-refractivity contribution in [2.45, 2.75) is 26.2 Å². The second-order valence-electron chi connectivity index (χ2n) is 7.20. The molecule has 2 aromatic rings. The Morgan fingerprint density at radius 3 is 2.88 bits per heavy atom. The van der Waals surface area contributed by atoms with E-state index in [2.05, 4.69) is 17.0 Å². The summed E-state index contributed by atoms with van der Waals surface area (Å²) in [5.41, 5.74) is 1.81. The number of likely N-dealkylation sites (tertiary alicyclic amines) is 2. The van der Waals surface area contributed by atoms with Gasteiger partial charge < -0.3 is 9.80 Å². The average Bonchev–Trinajstić information content (AvgIpc) is 3.30. The maximum Gasteiger partial charge on any atom is 0.255 e. The van der Waals surface area contributed by atoms with Gasteiger partial charge in [0.05, 0.1) is 22.7 Å². The van der Waals surface area contributed by atoms with Crippen LogP contribution in [0.4, 0.5) is 0 Å². The van der Waals surface area contributed by atoms with Crippen LogP contribution in [0, 0.1) is 5.41 Å². The minimum absolute atomic E-state index is 0.0470. The lowest BCUT2D eigenvalue weighted by molar-refractivity contribution is -0.135. The van der Waals surface area contributed by atoms with Crippen LogP contribution in [0.5, 0.6) is 0 Å². The first kappa shape index (κ1) is 16.1. The van der Waals surface area contributed by atoms with Crippen molar-refractivity contribution in [3.63, 3.8) is 0 Å². The SMILES string of the molecule is CCCN1CCC2(CCN(C(=O)c3cnc4cnn(C)c4c3)C2)C1=O. The highest BCUT2D eigenvalue weighted by molar-refractivity contribution is 5.97. The Hall–Kier alpha value is -2.44. The van der Waals surface area contributed by atoms with Crippen molar-refractivity contribution in [3.8, 4) is 0 Å². The molecule has 0 N–H and O–H groups in total. The number of hydrogen-bond donors (Lipinski definition) is 0. The summed E-state index contributed by atoms with van der Waals surface area (Å²) in [7, 11) is 1.84. The Labute approximate surface area is 146 Å². The molecule has 4 rings (SSSR count). The molecule has 0 bridgehead atoms. The summed E-state index contributed by atoms with van der Waals surface area (Å²) in [4.78, 5) is 33.8. The number of pyridine rings is 1. The second-order valence-corrected chi connectivity index (χ2v) is 7.20. The van der Waals surface area contributed by atoms with Gasteiger partial charge in [-0.3, -0.25) is 19.3 Å². The number of fused-ring (bicyclic) bond motifs is 1. The number of aromatic nitrogens is 3. The van der Waals surface area contributed by atoms with E-state index in [-0.39, 0.29) is 17.2 Å². The van der Waals surface area contributed by atoms with E-state index in [0.717, 1.165) is 43.4 Å². The van der Waals surface area contributed by atoms with Crippen molar-refractivity contribution in [3.05, 3.63) is 24.0 Å². The van der Waals surface area contributed by atoms with Gasteiger partial charge in [0.25, 0.3) is 5.91 Å². The first-order chi connectivity index (χ1) is 12.0. The molecule has 1 spiro atoms. The Bertz CT molecular complexity index is 845. The van der Waals surface area contributed by atoms with E-state index in [0.29, 0.717) is 18.7 Å². The quantitative estimate of drug-likeness (QED) is 0.847. The van der Waals surface area contributed by atoms with E-state index >= 15 is 0 Å². The minimum Gasteiger partial charge on any atom is -0.342 e. The highest BCUT2D eigenvalue weighted by Crippen LogP contribution is 2.41. The summed E-state index contributed by atoms with van der Waals surface area (Å²) in [6.07, 6.45) is 5.89. The Balaban J connectivity index is 1.54. The van der Waals surface area contributed by atoms with Crippen molar-refractivity contribution in [2.24, 2.45) is 12.5 Å². The van der Waals surface area contributed by atoms with Gasteiger partial charge in [-0.1, -0.05) is 6.92 Å². The highest BCUT2D eigenvalue weighted by Gasteiger charge is 2.51. The fourth-order valence-corrected chi connectivity index (χ4v) is 4.13. The number of rotatable bonds is 3. The number of nitrogens with zero attached hydrogens (tertiary/aromatic N) is 5. The predicted octanol–water partition coefficient (Wildman–Crippen LogP) is 1.44. The molecule has 0 saturated carbocycles. The Morgan fingerprint density at radius 1 is 1.28 bits per heavy atom. The van der Waals surface area contributed by atoms with Crippen LogP contribution in [-0.4, -0.2) is 62.6 Å². The molecule has 7 nitrogen and oxygen atoms in total. The van der Waals surface area contributed by atoms with Crippen LogP contribution in [0.3, 0.4) is 0 Å².